The number of esters is 1. The lowest BCUT2D eigenvalue weighted by atomic mass is 10.2. The summed E-state index contributed by atoms with van der Waals surface area (Å²) in [6.45, 7) is 1.87. The Balaban J connectivity index is 2.41. The first kappa shape index (κ1) is 13.7. The third-order valence-electron chi connectivity index (χ3n) is 2.60. The van der Waals surface area contributed by atoms with Gasteiger partial charge < -0.3 is 9.47 Å². The molecule has 1 aromatic heterocycles. The van der Waals surface area contributed by atoms with Gasteiger partial charge in [0.15, 0.2) is 6.29 Å². The molecule has 0 atom stereocenters. The van der Waals surface area contributed by atoms with Crippen molar-refractivity contribution < 1.29 is 19.1 Å². The second-order valence-electron chi connectivity index (χ2n) is 3.77. The van der Waals surface area contributed by atoms with E-state index >= 15 is 0 Å². The van der Waals surface area contributed by atoms with Gasteiger partial charge in [0, 0.05) is 0 Å². The number of benzene rings is 1. The Bertz CT molecular complexity index is 619. The summed E-state index contributed by atoms with van der Waals surface area (Å²) in [5, 5.41) is 7.51. The number of hydrogen-bond donors (Lipinski definition) is 0. The number of rotatable bonds is 5. The number of ether oxygens (including phenoxy) is 2. The fourth-order valence-electron chi connectivity index (χ4n) is 1.65. The van der Waals surface area contributed by atoms with Gasteiger partial charge in [-0.15, -0.1) is 5.10 Å². The van der Waals surface area contributed by atoms with Gasteiger partial charge in [0.2, 0.25) is 5.69 Å². The van der Waals surface area contributed by atoms with Crippen LogP contribution < -0.4 is 4.74 Å². The summed E-state index contributed by atoms with van der Waals surface area (Å²) in [5.41, 5.74) is 0.544. The Morgan fingerprint density at radius 1 is 1.35 bits per heavy atom. The van der Waals surface area contributed by atoms with Crippen molar-refractivity contribution in [1.82, 2.24) is 15.0 Å². The minimum Gasteiger partial charge on any atom is -0.497 e. The molecule has 0 N–H and O–H groups in total. The third-order valence-corrected chi connectivity index (χ3v) is 2.60. The van der Waals surface area contributed by atoms with Crippen LogP contribution in [0, 0.1) is 0 Å². The molecule has 2 aromatic rings. The summed E-state index contributed by atoms with van der Waals surface area (Å²) >= 11 is 0. The second kappa shape index (κ2) is 5.96. The first-order valence-corrected chi connectivity index (χ1v) is 5.93. The highest BCUT2D eigenvalue weighted by Crippen LogP contribution is 2.16. The van der Waals surface area contributed by atoms with E-state index in [1.165, 1.54) is 4.68 Å². The number of aromatic nitrogens is 3. The van der Waals surface area contributed by atoms with Gasteiger partial charge in [0.1, 0.15) is 11.4 Å². The van der Waals surface area contributed by atoms with Crippen molar-refractivity contribution in [2.45, 2.75) is 6.92 Å². The fraction of sp³-hybridized carbons (Fsp3) is 0.231. The summed E-state index contributed by atoms with van der Waals surface area (Å²) in [4.78, 5) is 22.8. The molecule has 0 aliphatic rings. The minimum atomic E-state index is -0.672. The number of carbonyl (C=O) groups is 2. The Kier molecular flexibility index (Phi) is 4.09. The van der Waals surface area contributed by atoms with Crippen molar-refractivity contribution >= 4 is 12.3 Å². The highest BCUT2D eigenvalue weighted by molar-refractivity contribution is 5.95. The standard InChI is InChI=1S/C13H13N3O4/c1-3-20-13(18)12-11(8-17)16(15-14-12)9-4-6-10(19-2)7-5-9/h4-8H,3H2,1-2H3. The van der Waals surface area contributed by atoms with Gasteiger partial charge in [-0.1, -0.05) is 5.21 Å². The molecule has 0 saturated carbocycles. The zero-order valence-corrected chi connectivity index (χ0v) is 11.1. The molecule has 0 saturated heterocycles. The van der Waals surface area contributed by atoms with Crippen LogP contribution in [0.2, 0.25) is 0 Å². The van der Waals surface area contributed by atoms with E-state index in [2.05, 4.69) is 10.3 Å². The van der Waals surface area contributed by atoms with Crippen molar-refractivity contribution in [2.24, 2.45) is 0 Å². The van der Waals surface area contributed by atoms with Crippen molar-refractivity contribution in [2.75, 3.05) is 13.7 Å². The zero-order valence-electron chi connectivity index (χ0n) is 11.1. The van der Waals surface area contributed by atoms with Crippen LogP contribution in [-0.2, 0) is 4.74 Å². The molecule has 1 heterocycles. The first-order valence-electron chi connectivity index (χ1n) is 5.93. The van der Waals surface area contributed by atoms with Crippen LogP contribution in [0.3, 0.4) is 0 Å². The van der Waals surface area contributed by atoms with E-state index in [9.17, 15) is 9.59 Å². The fourth-order valence-corrected chi connectivity index (χ4v) is 1.65. The summed E-state index contributed by atoms with van der Waals surface area (Å²) in [5.74, 6) is 0.00139. The third kappa shape index (κ3) is 2.51. The molecule has 7 heteroatoms. The molecule has 0 bridgehead atoms. The van der Waals surface area contributed by atoms with Crippen molar-refractivity contribution in [3.05, 3.63) is 35.7 Å². The highest BCUT2D eigenvalue weighted by atomic mass is 16.5. The van der Waals surface area contributed by atoms with Gasteiger partial charge in [-0.3, -0.25) is 4.79 Å². The van der Waals surface area contributed by atoms with E-state index in [0.717, 1.165) is 0 Å². The van der Waals surface area contributed by atoms with Crippen molar-refractivity contribution in [1.29, 1.82) is 0 Å². The minimum absolute atomic E-state index is 0.0496. The normalized spacial score (nSPS) is 10.1. The molecular formula is C13H13N3O4. The van der Waals surface area contributed by atoms with Crippen LogP contribution in [0.5, 0.6) is 5.75 Å². The quantitative estimate of drug-likeness (QED) is 0.603. The van der Waals surface area contributed by atoms with E-state index in [4.69, 9.17) is 9.47 Å². The van der Waals surface area contributed by atoms with Crippen LogP contribution in [0.25, 0.3) is 5.69 Å². The maximum atomic E-state index is 11.7. The van der Waals surface area contributed by atoms with Gasteiger partial charge in [0.25, 0.3) is 0 Å². The predicted octanol–water partition coefficient (Wildman–Crippen LogP) is 1.27. The van der Waals surface area contributed by atoms with Gasteiger partial charge in [0.05, 0.1) is 19.4 Å². The molecule has 0 amide bonds. The zero-order chi connectivity index (χ0) is 14.5. The largest absolute Gasteiger partial charge is 0.497 e. The van der Waals surface area contributed by atoms with Crippen LogP contribution in [-0.4, -0.2) is 41.0 Å². The van der Waals surface area contributed by atoms with Crippen molar-refractivity contribution in [3.8, 4) is 11.4 Å². The molecule has 0 aliphatic heterocycles. The molecule has 7 nitrogen and oxygen atoms in total. The van der Waals surface area contributed by atoms with Gasteiger partial charge in [-0.25, -0.2) is 9.48 Å². The topological polar surface area (TPSA) is 83.3 Å². The summed E-state index contributed by atoms with van der Waals surface area (Å²) in [6.07, 6.45) is 0.524. The Morgan fingerprint density at radius 3 is 2.60 bits per heavy atom. The van der Waals surface area contributed by atoms with Crippen LogP contribution in [0.4, 0.5) is 0 Å². The molecule has 0 unspecified atom stereocenters. The number of aldehydes is 1. The van der Waals surface area contributed by atoms with Gasteiger partial charge in [-0.05, 0) is 31.2 Å². The Morgan fingerprint density at radius 2 is 2.05 bits per heavy atom. The molecule has 2 rings (SSSR count). The van der Waals surface area contributed by atoms with Crippen LogP contribution in [0.15, 0.2) is 24.3 Å². The van der Waals surface area contributed by atoms with Crippen LogP contribution >= 0.6 is 0 Å². The molecule has 1 aromatic carbocycles. The Labute approximate surface area is 115 Å². The highest BCUT2D eigenvalue weighted by Gasteiger charge is 2.21. The van der Waals surface area contributed by atoms with Crippen molar-refractivity contribution in [3.63, 3.8) is 0 Å². The van der Waals surface area contributed by atoms with Crippen LogP contribution in [0.1, 0.15) is 27.9 Å². The van der Waals surface area contributed by atoms with E-state index < -0.39 is 5.97 Å². The average Bonchev–Trinajstić information content (AvgIpc) is 2.91. The summed E-state index contributed by atoms with van der Waals surface area (Å²) < 4.78 is 11.1. The predicted molar refractivity (Wildman–Crippen MR) is 69.3 cm³/mol. The maximum Gasteiger partial charge on any atom is 0.361 e. The van der Waals surface area contributed by atoms with Gasteiger partial charge in [-0.2, -0.15) is 0 Å². The SMILES string of the molecule is CCOC(=O)c1nnn(-c2ccc(OC)cc2)c1C=O. The second-order valence-corrected chi connectivity index (χ2v) is 3.77. The molecule has 20 heavy (non-hydrogen) atoms. The first-order chi connectivity index (χ1) is 9.71. The summed E-state index contributed by atoms with van der Waals surface area (Å²) in [6, 6.07) is 6.84. The molecule has 0 fully saturated rings. The maximum absolute atomic E-state index is 11.7. The molecule has 0 spiro atoms. The monoisotopic (exact) mass is 275 g/mol. The molecule has 104 valence electrons. The lowest BCUT2D eigenvalue weighted by Gasteiger charge is -2.04. The smallest absolute Gasteiger partial charge is 0.361 e. The van der Waals surface area contributed by atoms with E-state index in [1.54, 1.807) is 38.3 Å². The molecule has 0 aliphatic carbocycles. The average molecular weight is 275 g/mol. The number of nitrogens with zero attached hydrogens (tertiary/aromatic N) is 3. The van der Waals surface area contributed by atoms with Gasteiger partial charge >= 0.3 is 5.97 Å². The molecular weight excluding hydrogens is 262 g/mol. The lowest BCUT2D eigenvalue weighted by Crippen LogP contribution is -2.09. The van der Waals surface area contributed by atoms with E-state index in [1.807, 2.05) is 0 Å². The number of methoxy groups -OCH3 is 1. The van der Waals surface area contributed by atoms with E-state index in [0.29, 0.717) is 17.7 Å². The van der Waals surface area contributed by atoms with E-state index in [-0.39, 0.29) is 18.0 Å². The molecule has 0 radical (unpaired) electrons. The number of carbonyl (C=O) groups excluding carboxylic acids is 2. The lowest BCUT2D eigenvalue weighted by molar-refractivity contribution is 0.0517. The summed E-state index contributed by atoms with van der Waals surface area (Å²) in [7, 11) is 1.56. The number of hydrogen-bond acceptors (Lipinski definition) is 6. The Hall–Kier alpha value is -2.70.